The molecule has 3 rings (SSSR count). The molecule has 3 N–H and O–H groups in total. The lowest BCUT2D eigenvalue weighted by atomic mass is 9.82. The highest BCUT2D eigenvalue weighted by molar-refractivity contribution is 5.61. The number of aliphatic hydroxyl groups is 1. The number of hydrogen-bond donors (Lipinski definition) is 3. The smallest absolute Gasteiger partial charge is 0.0613 e. The summed E-state index contributed by atoms with van der Waals surface area (Å²) in [6.45, 7) is 2.17. The third-order valence-corrected chi connectivity index (χ3v) is 4.70. The number of anilines is 1. The van der Waals surface area contributed by atoms with E-state index in [0.29, 0.717) is 0 Å². The number of para-hydroxylation sites is 1. The second-order valence-electron chi connectivity index (χ2n) is 5.98. The third kappa shape index (κ3) is 2.63. The molecular weight excluding hydrogens is 236 g/mol. The lowest BCUT2D eigenvalue weighted by molar-refractivity contribution is 0.119. The van der Waals surface area contributed by atoms with Crippen molar-refractivity contribution in [1.29, 1.82) is 0 Å². The van der Waals surface area contributed by atoms with Crippen molar-refractivity contribution in [2.24, 2.45) is 0 Å². The molecule has 0 atom stereocenters. The number of fused-ring (bicyclic) bond motifs is 1. The fourth-order valence-corrected chi connectivity index (χ4v) is 3.46. The highest BCUT2D eigenvalue weighted by atomic mass is 16.3. The molecule has 1 heterocycles. The molecule has 1 saturated carbocycles. The van der Waals surface area contributed by atoms with Crippen molar-refractivity contribution in [3.8, 4) is 0 Å². The van der Waals surface area contributed by atoms with Crippen LogP contribution in [0.2, 0.25) is 0 Å². The van der Waals surface area contributed by atoms with Gasteiger partial charge in [0.25, 0.3) is 0 Å². The Morgan fingerprint density at radius 2 is 2.05 bits per heavy atom. The summed E-state index contributed by atoms with van der Waals surface area (Å²) in [5, 5.41) is 16.9. The van der Waals surface area contributed by atoms with E-state index in [4.69, 9.17) is 0 Å². The van der Waals surface area contributed by atoms with Crippen molar-refractivity contribution >= 4 is 5.69 Å². The molecule has 1 aliphatic heterocycles. The van der Waals surface area contributed by atoms with Crippen molar-refractivity contribution in [2.45, 2.75) is 50.6 Å². The van der Waals surface area contributed by atoms with E-state index < -0.39 is 0 Å². The van der Waals surface area contributed by atoms with E-state index in [1.165, 1.54) is 36.1 Å². The highest BCUT2D eigenvalue weighted by Gasteiger charge is 2.30. The Bertz CT molecular complexity index is 438. The first-order valence-corrected chi connectivity index (χ1v) is 7.54. The van der Waals surface area contributed by atoms with Gasteiger partial charge in [0.05, 0.1) is 6.61 Å². The molecule has 2 aliphatic rings. The van der Waals surface area contributed by atoms with Crippen LogP contribution in [0.1, 0.15) is 43.2 Å². The summed E-state index contributed by atoms with van der Waals surface area (Å²) in [6, 6.07) is 6.55. The fraction of sp³-hybridized carbons (Fsp3) is 0.625. The number of hydrogen-bond acceptors (Lipinski definition) is 3. The molecule has 0 aromatic heterocycles. The first-order chi connectivity index (χ1) is 9.33. The molecule has 0 bridgehead atoms. The van der Waals surface area contributed by atoms with Gasteiger partial charge in [-0.1, -0.05) is 37.5 Å². The van der Waals surface area contributed by atoms with Crippen LogP contribution in [0.4, 0.5) is 5.69 Å². The van der Waals surface area contributed by atoms with Crippen molar-refractivity contribution in [2.75, 3.05) is 18.5 Å². The Kier molecular flexibility index (Phi) is 3.76. The van der Waals surface area contributed by atoms with Crippen LogP contribution in [0.3, 0.4) is 0 Å². The van der Waals surface area contributed by atoms with Crippen molar-refractivity contribution in [1.82, 2.24) is 5.32 Å². The van der Waals surface area contributed by atoms with E-state index in [1.807, 2.05) is 0 Å². The molecule has 0 unspecified atom stereocenters. The van der Waals surface area contributed by atoms with Gasteiger partial charge in [0, 0.05) is 24.3 Å². The normalized spacial score (nSPS) is 20.9. The maximum Gasteiger partial charge on any atom is 0.0613 e. The largest absolute Gasteiger partial charge is 0.394 e. The van der Waals surface area contributed by atoms with Crippen LogP contribution >= 0.6 is 0 Å². The first kappa shape index (κ1) is 12.9. The van der Waals surface area contributed by atoms with Gasteiger partial charge in [0.1, 0.15) is 0 Å². The molecule has 19 heavy (non-hydrogen) atoms. The van der Waals surface area contributed by atoms with E-state index in [0.717, 1.165) is 32.4 Å². The van der Waals surface area contributed by atoms with E-state index in [-0.39, 0.29) is 12.1 Å². The van der Waals surface area contributed by atoms with Gasteiger partial charge in [-0.3, -0.25) is 0 Å². The van der Waals surface area contributed by atoms with Gasteiger partial charge in [-0.15, -0.1) is 0 Å². The van der Waals surface area contributed by atoms with Gasteiger partial charge in [-0.25, -0.2) is 0 Å². The molecular formula is C16H24N2O. The number of aliphatic hydroxyl groups excluding tert-OH is 1. The standard InChI is InChI=1S/C16H24N2O/c19-12-16(8-2-1-3-9-16)18-11-14-6-4-5-13-7-10-17-15(13)14/h4-6,17-19H,1-3,7-12H2. The quantitative estimate of drug-likeness (QED) is 0.779. The molecule has 1 aromatic rings. The molecule has 1 aliphatic carbocycles. The number of rotatable bonds is 4. The SMILES string of the molecule is OCC1(NCc2cccc3c2NCC3)CCCCC1. The van der Waals surface area contributed by atoms with Gasteiger partial charge in [-0.05, 0) is 30.4 Å². The highest BCUT2D eigenvalue weighted by Crippen LogP contribution is 2.30. The van der Waals surface area contributed by atoms with Gasteiger partial charge < -0.3 is 15.7 Å². The summed E-state index contributed by atoms with van der Waals surface area (Å²) >= 11 is 0. The van der Waals surface area contributed by atoms with Gasteiger partial charge >= 0.3 is 0 Å². The second kappa shape index (κ2) is 5.51. The zero-order valence-electron chi connectivity index (χ0n) is 11.5. The Hall–Kier alpha value is -1.06. The van der Waals surface area contributed by atoms with Crippen molar-refractivity contribution in [3.05, 3.63) is 29.3 Å². The monoisotopic (exact) mass is 260 g/mol. The van der Waals surface area contributed by atoms with E-state index in [9.17, 15) is 5.11 Å². The Morgan fingerprint density at radius 1 is 1.21 bits per heavy atom. The van der Waals surface area contributed by atoms with Crippen LogP contribution in [0, 0.1) is 0 Å². The third-order valence-electron chi connectivity index (χ3n) is 4.70. The van der Waals surface area contributed by atoms with E-state index in [2.05, 4.69) is 28.8 Å². The van der Waals surface area contributed by atoms with Gasteiger partial charge in [0.15, 0.2) is 0 Å². The first-order valence-electron chi connectivity index (χ1n) is 7.54. The second-order valence-corrected chi connectivity index (χ2v) is 5.98. The molecule has 3 heteroatoms. The van der Waals surface area contributed by atoms with Gasteiger partial charge in [-0.2, -0.15) is 0 Å². The molecule has 104 valence electrons. The number of nitrogens with one attached hydrogen (secondary N) is 2. The van der Waals surface area contributed by atoms with Crippen LogP contribution in [0.5, 0.6) is 0 Å². The minimum absolute atomic E-state index is 0.0421. The lowest BCUT2D eigenvalue weighted by Crippen LogP contribution is -2.49. The van der Waals surface area contributed by atoms with Crippen molar-refractivity contribution < 1.29 is 5.11 Å². The maximum atomic E-state index is 9.73. The van der Waals surface area contributed by atoms with Crippen molar-refractivity contribution in [3.63, 3.8) is 0 Å². The van der Waals surface area contributed by atoms with Crippen LogP contribution in [-0.4, -0.2) is 23.8 Å². The Morgan fingerprint density at radius 3 is 2.84 bits per heavy atom. The van der Waals surface area contributed by atoms with Gasteiger partial charge in [0.2, 0.25) is 0 Å². The van der Waals surface area contributed by atoms with E-state index >= 15 is 0 Å². The molecule has 3 nitrogen and oxygen atoms in total. The summed E-state index contributed by atoms with van der Waals surface area (Å²) in [4.78, 5) is 0. The number of benzene rings is 1. The summed E-state index contributed by atoms with van der Waals surface area (Å²) < 4.78 is 0. The predicted octanol–water partition coefficient (Wildman–Crippen LogP) is 2.44. The zero-order valence-corrected chi connectivity index (χ0v) is 11.5. The molecule has 1 fully saturated rings. The topological polar surface area (TPSA) is 44.3 Å². The fourth-order valence-electron chi connectivity index (χ4n) is 3.46. The molecule has 0 spiro atoms. The maximum absolute atomic E-state index is 9.73. The summed E-state index contributed by atoms with van der Waals surface area (Å²) in [7, 11) is 0. The zero-order chi connectivity index (χ0) is 13.1. The molecule has 0 amide bonds. The average Bonchev–Trinajstić information content (AvgIpc) is 2.95. The summed E-state index contributed by atoms with van der Waals surface area (Å²) in [5.41, 5.74) is 4.05. The van der Waals surface area contributed by atoms with Crippen LogP contribution < -0.4 is 10.6 Å². The predicted molar refractivity (Wildman–Crippen MR) is 78.4 cm³/mol. The van der Waals surface area contributed by atoms with Crippen LogP contribution in [0.25, 0.3) is 0 Å². The molecule has 0 radical (unpaired) electrons. The Balaban J connectivity index is 1.70. The minimum atomic E-state index is -0.0421. The summed E-state index contributed by atoms with van der Waals surface area (Å²) in [5.74, 6) is 0. The van der Waals surface area contributed by atoms with Crippen LogP contribution in [-0.2, 0) is 13.0 Å². The lowest BCUT2D eigenvalue weighted by Gasteiger charge is -2.37. The average molecular weight is 260 g/mol. The molecule has 0 saturated heterocycles. The van der Waals surface area contributed by atoms with E-state index in [1.54, 1.807) is 0 Å². The van der Waals surface area contributed by atoms with Crippen LogP contribution in [0.15, 0.2) is 18.2 Å². The minimum Gasteiger partial charge on any atom is -0.394 e. The summed E-state index contributed by atoms with van der Waals surface area (Å²) in [6.07, 6.45) is 7.12. The Labute approximate surface area is 115 Å². The molecule has 1 aromatic carbocycles.